The number of nitrogens with one attached hydrogen (secondary N) is 1. The topological polar surface area (TPSA) is 49.0 Å². The molecule has 4 nitrogen and oxygen atoms in total. The Balaban J connectivity index is 2.14. The maximum atomic E-state index is 12.9. The fourth-order valence-electron chi connectivity index (χ4n) is 1.65. The Morgan fingerprint density at radius 2 is 2.40 bits per heavy atom. The van der Waals surface area contributed by atoms with Crippen LogP contribution >= 0.6 is 0 Å². The number of H-pyrrole nitrogens is 1. The van der Waals surface area contributed by atoms with Gasteiger partial charge in [0, 0.05) is 18.7 Å². The van der Waals surface area contributed by atoms with E-state index < -0.39 is 12.5 Å². The predicted octanol–water partition coefficient (Wildman–Crippen LogP) is 1.20. The average molecular weight is 215 g/mol. The van der Waals surface area contributed by atoms with Gasteiger partial charge in [0.05, 0.1) is 18.3 Å². The van der Waals surface area contributed by atoms with Crippen LogP contribution in [-0.4, -0.2) is 40.0 Å². The molecule has 1 amide bonds. The standard InChI is InChI=1S/C9H11F2N3O/c1-6-7(4-12-13-6)8(15)14-3-2-9(10,11)5-14/h4H,2-3,5H2,1H3,(H,12,13). The Bertz CT molecular complexity index is 388. The summed E-state index contributed by atoms with van der Waals surface area (Å²) in [6.07, 6.45) is 1.11. The van der Waals surface area contributed by atoms with Crippen molar-refractivity contribution in [1.82, 2.24) is 15.1 Å². The van der Waals surface area contributed by atoms with Crippen molar-refractivity contribution < 1.29 is 13.6 Å². The van der Waals surface area contributed by atoms with Crippen LogP contribution in [-0.2, 0) is 0 Å². The molecule has 1 N–H and O–H groups in total. The van der Waals surface area contributed by atoms with E-state index in [2.05, 4.69) is 10.2 Å². The van der Waals surface area contributed by atoms with Crippen LogP contribution in [0.2, 0.25) is 0 Å². The summed E-state index contributed by atoms with van der Waals surface area (Å²) in [6.45, 7) is 1.31. The maximum Gasteiger partial charge on any atom is 0.267 e. The summed E-state index contributed by atoms with van der Waals surface area (Å²) in [5, 5.41) is 6.30. The second kappa shape index (κ2) is 3.29. The molecule has 0 spiro atoms. The van der Waals surface area contributed by atoms with Crippen LogP contribution < -0.4 is 0 Å². The highest BCUT2D eigenvalue weighted by atomic mass is 19.3. The van der Waals surface area contributed by atoms with Crippen LogP contribution in [0.25, 0.3) is 0 Å². The van der Waals surface area contributed by atoms with E-state index in [1.165, 1.54) is 6.20 Å². The first-order valence-corrected chi connectivity index (χ1v) is 4.67. The van der Waals surface area contributed by atoms with E-state index in [1.54, 1.807) is 6.92 Å². The van der Waals surface area contributed by atoms with Gasteiger partial charge in [-0.3, -0.25) is 9.89 Å². The molecule has 1 saturated heterocycles. The number of alkyl halides is 2. The number of carbonyl (C=O) groups is 1. The number of aryl methyl sites for hydroxylation is 1. The Morgan fingerprint density at radius 3 is 2.87 bits per heavy atom. The van der Waals surface area contributed by atoms with Gasteiger partial charge in [-0.05, 0) is 6.92 Å². The SMILES string of the molecule is Cc1[nH]ncc1C(=O)N1CCC(F)(F)C1. The van der Waals surface area contributed by atoms with E-state index in [-0.39, 0.29) is 18.9 Å². The van der Waals surface area contributed by atoms with Gasteiger partial charge in [0.1, 0.15) is 0 Å². The Kier molecular flexibility index (Phi) is 2.21. The van der Waals surface area contributed by atoms with E-state index in [4.69, 9.17) is 0 Å². The lowest BCUT2D eigenvalue weighted by Crippen LogP contribution is -2.31. The van der Waals surface area contributed by atoms with Crippen LogP contribution in [0.5, 0.6) is 0 Å². The van der Waals surface area contributed by atoms with E-state index in [1.807, 2.05) is 0 Å². The molecule has 15 heavy (non-hydrogen) atoms. The third-order valence-corrected chi connectivity index (χ3v) is 2.52. The van der Waals surface area contributed by atoms with Crippen molar-refractivity contribution in [2.24, 2.45) is 0 Å². The van der Waals surface area contributed by atoms with Gasteiger partial charge in [-0.1, -0.05) is 0 Å². The van der Waals surface area contributed by atoms with Gasteiger partial charge >= 0.3 is 0 Å². The van der Waals surface area contributed by atoms with Gasteiger partial charge in [-0.15, -0.1) is 0 Å². The molecular formula is C9H11F2N3O. The number of hydrogen-bond donors (Lipinski definition) is 1. The lowest BCUT2D eigenvalue weighted by Gasteiger charge is -2.15. The summed E-state index contributed by atoms with van der Waals surface area (Å²) in [5.74, 6) is -3.12. The number of carbonyl (C=O) groups excluding carboxylic acids is 1. The third-order valence-electron chi connectivity index (χ3n) is 2.52. The first-order valence-electron chi connectivity index (χ1n) is 4.67. The molecular weight excluding hydrogens is 204 g/mol. The Hall–Kier alpha value is -1.46. The number of aromatic amines is 1. The molecule has 82 valence electrons. The lowest BCUT2D eigenvalue weighted by atomic mass is 10.2. The average Bonchev–Trinajstić information content (AvgIpc) is 2.71. The van der Waals surface area contributed by atoms with Gasteiger partial charge in [0.25, 0.3) is 11.8 Å². The maximum absolute atomic E-state index is 12.9. The smallest absolute Gasteiger partial charge is 0.267 e. The van der Waals surface area contributed by atoms with Gasteiger partial charge in [-0.2, -0.15) is 5.10 Å². The summed E-state index contributed by atoms with van der Waals surface area (Å²) >= 11 is 0. The van der Waals surface area contributed by atoms with E-state index in [9.17, 15) is 13.6 Å². The fraction of sp³-hybridized carbons (Fsp3) is 0.556. The quantitative estimate of drug-likeness (QED) is 0.765. The van der Waals surface area contributed by atoms with Crippen LogP contribution in [0.15, 0.2) is 6.20 Å². The molecule has 0 radical (unpaired) electrons. The molecule has 0 bridgehead atoms. The Morgan fingerprint density at radius 1 is 1.67 bits per heavy atom. The minimum absolute atomic E-state index is 0.108. The van der Waals surface area contributed by atoms with Crippen molar-refractivity contribution in [3.8, 4) is 0 Å². The highest BCUT2D eigenvalue weighted by Gasteiger charge is 2.40. The van der Waals surface area contributed by atoms with E-state index in [0.717, 1.165) is 4.90 Å². The van der Waals surface area contributed by atoms with Gasteiger partial charge in [0.15, 0.2) is 0 Å². The van der Waals surface area contributed by atoms with Crippen molar-refractivity contribution in [3.05, 3.63) is 17.5 Å². The largest absolute Gasteiger partial charge is 0.332 e. The molecule has 1 aromatic heterocycles. The lowest BCUT2D eigenvalue weighted by molar-refractivity contribution is 0.0120. The summed E-state index contributed by atoms with van der Waals surface area (Å²) in [5.41, 5.74) is 0.975. The number of aromatic nitrogens is 2. The Labute approximate surface area is 85.3 Å². The highest BCUT2D eigenvalue weighted by Crippen LogP contribution is 2.27. The first kappa shape index (κ1) is 10.1. The molecule has 0 saturated carbocycles. The predicted molar refractivity (Wildman–Crippen MR) is 48.8 cm³/mol. The van der Waals surface area contributed by atoms with E-state index >= 15 is 0 Å². The number of hydrogen-bond acceptors (Lipinski definition) is 2. The molecule has 1 aliphatic rings. The number of nitrogens with zero attached hydrogens (tertiary/aromatic N) is 2. The normalized spacial score (nSPS) is 19.5. The number of rotatable bonds is 1. The monoisotopic (exact) mass is 215 g/mol. The van der Waals surface area contributed by atoms with Crippen LogP contribution in [0.1, 0.15) is 22.5 Å². The molecule has 2 rings (SSSR count). The number of likely N-dealkylation sites (tertiary alicyclic amines) is 1. The van der Waals surface area contributed by atoms with Crippen molar-refractivity contribution in [3.63, 3.8) is 0 Å². The minimum Gasteiger partial charge on any atom is -0.332 e. The van der Waals surface area contributed by atoms with Gasteiger partial charge in [-0.25, -0.2) is 8.78 Å². The minimum atomic E-state index is -2.74. The zero-order valence-corrected chi connectivity index (χ0v) is 8.26. The highest BCUT2D eigenvalue weighted by molar-refractivity contribution is 5.95. The number of amides is 1. The van der Waals surface area contributed by atoms with E-state index in [0.29, 0.717) is 11.3 Å². The molecule has 0 atom stereocenters. The summed E-state index contributed by atoms with van der Waals surface area (Å²) in [4.78, 5) is 12.9. The molecule has 2 heterocycles. The molecule has 1 aromatic rings. The third kappa shape index (κ3) is 1.84. The second-order valence-corrected chi connectivity index (χ2v) is 3.74. The van der Waals surface area contributed by atoms with Gasteiger partial charge in [0.2, 0.25) is 0 Å². The molecule has 6 heteroatoms. The molecule has 0 aromatic carbocycles. The molecule has 0 aliphatic carbocycles. The number of halogens is 2. The zero-order valence-electron chi connectivity index (χ0n) is 8.26. The van der Waals surface area contributed by atoms with Crippen LogP contribution in [0, 0.1) is 6.92 Å². The molecule has 0 unspecified atom stereocenters. The van der Waals surface area contributed by atoms with Gasteiger partial charge < -0.3 is 4.90 Å². The second-order valence-electron chi connectivity index (χ2n) is 3.74. The molecule has 1 fully saturated rings. The first-order chi connectivity index (χ1) is 6.99. The fourth-order valence-corrected chi connectivity index (χ4v) is 1.65. The summed E-state index contributed by atoms with van der Waals surface area (Å²) in [6, 6.07) is 0. The summed E-state index contributed by atoms with van der Waals surface area (Å²) in [7, 11) is 0. The zero-order chi connectivity index (χ0) is 11.1. The summed E-state index contributed by atoms with van der Waals surface area (Å²) < 4.78 is 25.8. The van der Waals surface area contributed by atoms with Crippen molar-refractivity contribution in [1.29, 1.82) is 0 Å². The van der Waals surface area contributed by atoms with Crippen LogP contribution in [0.3, 0.4) is 0 Å². The van der Waals surface area contributed by atoms with Crippen molar-refractivity contribution in [2.75, 3.05) is 13.1 Å². The molecule has 1 aliphatic heterocycles. The van der Waals surface area contributed by atoms with Crippen molar-refractivity contribution >= 4 is 5.91 Å². The van der Waals surface area contributed by atoms with Crippen molar-refractivity contribution in [2.45, 2.75) is 19.3 Å². The van der Waals surface area contributed by atoms with Crippen LogP contribution in [0.4, 0.5) is 8.78 Å².